The van der Waals surface area contributed by atoms with Crippen molar-refractivity contribution in [1.29, 1.82) is 0 Å². The number of nitrogens with zero attached hydrogens (tertiary/aromatic N) is 1. The topological polar surface area (TPSA) is 85.3 Å². The molecule has 38 heavy (non-hydrogen) atoms. The average molecular weight is 514 g/mol. The second kappa shape index (κ2) is 11.4. The van der Waals surface area contributed by atoms with Crippen LogP contribution in [0.5, 0.6) is 17.2 Å². The summed E-state index contributed by atoms with van der Waals surface area (Å²) < 4.78 is 17.2. The van der Waals surface area contributed by atoms with Gasteiger partial charge in [0.05, 0.1) is 18.2 Å². The van der Waals surface area contributed by atoms with E-state index in [1.807, 2.05) is 54.6 Å². The number of rotatable bonds is 9. The second-order valence-electron chi connectivity index (χ2n) is 9.40. The molecule has 1 atom stereocenters. The average Bonchev–Trinajstić information content (AvgIpc) is 3.20. The van der Waals surface area contributed by atoms with Gasteiger partial charge >= 0.3 is 0 Å². The minimum Gasteiger partial charge on any atom is -0.507 e. The number of aliphatic hydroxyl groups is 1. The van der Waals surface area contributed by atoms with Crippen LogP contribution >= 0.6 is 0 Å². The number of fused-ring (bicyclic) bond motifs is 1. The zero-order chi connectivity index (χ0) is 26.5. The molecule has 0 saturated carbocycles. The zero-order valence-corrected chi connectivity index (χ0v) is 21.4. The van der Waals surface area contributed by atoms with Gasteiger partial charge in [-0.1, -0.05) is 62.2 Å². The number of benzene rings is 3. The van der Waals surface area contributed by atoms with E-state index in [1.165, 1.54) is 4.90 Å². The summed E-state index contributed by atoms with van der Waals surface area (Å²) in [4.78, 5) is 28.3. The highest BCUT2D eigenvalue weighted by atomic mass is 16.6. The van der Waals surface area contributed by atoms with Gasteiger partial charge in [-0.05, 0) is 47.9 Å². The number of aliphatic hydroxyl groups excluding tert-OH is 1. The minimum atomic E-state index is -0.789. The molecule has 2 aliphatic rings. The largest absolute Gasteiger partial charge is 0.507 e. The Bertz CT molecular complexity index is 1350. The van der Waals surface area contributed by atoms with Crippen LogP contribution in [0.15, 0.2) is 78.4 Å². The number of likely N-dealkylation sites (tertiary alicyclic amines) is 1. The summed E-state index contributed by atoms with van der Waals surface area (Å²) in [6, 6.07) is 21.1. The molecule has 1 fully saturated rings. The number of carbonyl (C=O) groups is 2. The van der Waals surface area contributed by atoms with Crippen molar-refractivity contribution in [3.8, 4) is 17.2 Å². The van der Waals surface area contributed by atoms with Crippen molar-refractivity contribution in [3.05, 3.63) is 95.1 Å². The third-order valence-corrected chi connectivity index (χ3v) is 6.74. The van der Waals surface area contributed by atoms with E-state index >= 15 is 0 Å². The lowest BCUT2D eigenvalue weighted by Crippen LogP contribution is -2.29. The molecule has 2 heterocycles. The molecule has 1 unspecified atom stereocenters. The summed E-state index contributed by atoms with van der Waals surface area (Å²) in [7, 11) is 0. The first-order chi connectivity index (χ1) is 18.6. The van der Waals surface area contributed by atoms with E-state index in [1.54, 1.807) is 18.2 Å². The van der Waals surface area contributed by atoms with Gasteiger partial charge in [-0.15, -0.1) is 0 Å². The molecular formula is C31H31NO6. The van der Waals surface area contributed by atoms with Gasteiger partial charge < -0.3 is 24.2 Å². The Morgan fingerprint density at radius 2 is 1.74 bits per heavy atom. The molecule has 196 valence electrons. The van der Waals surface area contributed by atoms with Gasteiger partial charge in [-0.3, -0.25) is 9.59 Å². The molecule has 3 aromatic rings. The number of hydrogen-bond donors (Lipinski definition) is 1. The van der Waals surface area contributed by atoms with Gasteiger partial charge in [-0.25, -0.2) is 0 Å². The molecule has 0 radical (unpaired) electrons. The molecule has 0 bridgehead atoms. The van der Waals surface area contributed by atoms with Crippen molar-refractivity contribution in [3.63, 3.8) is 0 Å². The molecular weight excluding hydrogens is 482 g/mol. The van der Waals surface area contributed by atoms with Crippen molar-refractivity contribution < 1.29 is 28.9 Å². The van der Waals surface area contributed by atoms with Crippen molar-refractivity contribution in [2.75, 3.05) is 19.8 Å². The first kappa shape index (κ1) is 25.4. The van der Waals surface area contributed by atoms with Crippen LogP contribution in [0.4, 0.5) is 0 Å². The SMILES string of the molecule is CCCCCOc1cccc(C2/C(=C(\O)c3ccc4c(c3)OCCO4)C(=O)C(=O)N2Cc2ccccc2)c1. The predicted octanol–water partition coefficient (Wildman–Crippen LogP) is 5.65. The van der Waals surface area contributed by atoms with E-state index in [4.69, 9.17) is 14.2 Å². The van der Waals surface area contributed by atoms with Gasteiger partial charge in [0.15, 0.2) is 11.5 Å². The predicted molar refractivity (Wildman–Crippen MR) is 143 cm³/mol. The van der Waals surface area contributed by atoms with E-state index in [2.05, 4.69) is 6.92 Å². The third-order valence-electron chi connectivity index (χ3n) is 6.74. The maximum atomic E-state index is 13.4. The summed E-state index contributed by atoms with van der Waals surface area (Å²) in [5, 5.41) is 11.4. The van der Waals surface area contributed by atoms with Crippen molar-refractivity contribution >= 4 is 17.4 Å². The Labute approximate surface area is 222 Å². The summed E-state index contributed by atoms with van der Waals surface area (Å²) >= 11 is 0. The molecule has 0 aromatic heterocycles. The Morgan fingerprint density at radius 3 is 2.53 bits per heavy atom. The Balaban J connectivity index is 1.56. The fourth-order valence-corrected chi connectivity index (χ4v) is 4.83. The van der Waals surface area contributed by atoms with Gasteiger partial charge in [0.25, 0.3) is 11.7 Å². The molecule has 5 rings (SSSR count). The van der Waals surface area contributed by atoms with Crippen LogP contribution in [0.3, 0.4) is 0 Å². The fourth-order valence-electron chi connectivity index (χ4n) is 4.83. The van der Waals surface area contributed by atoms with E-state index in [-0.39, 0.29) is 17.9 Å². The number of carbonyl (C=O) groups excluding carboxylic acids is 2. The quantitative estimate of drug-likeness (QED) is 0.172. The Morgan fingerprint density at radius 1 is 0.947 bits per heavy atom. The highest BCUT2D eigenvalue weighted by molar-refractivity contribution is 6.46. The summed E-state index contributed by atoms with van der Waals surface area (Å²) in [5.41, 5.74) is 1.98. The monoisotopic (exact) mass is 513 g/mol. The summed E-state index contributed by atoms with van der Waals surface area (Å²) in [6.07, 6.45) is 3.11. The van der Waals surface area contributed by atoms with Gasteiger partial charge in [-0.2, -0.15) is 0 Å². The number of amides is 1. The van der Waals surface area contributed by atoms with Crippen molar-refractivity contribution in [2.45, 2.75) is 38.8 Å². The Hall–Kier alpha value is -4.26. The molecule has 0 spiro atoms. The van der Waals surface area contributed by atoms with Crippen molar-refractivity contribution in [1.82, 2.24) is 4.90 Å². The standard InChI is InChI=1S/C31H31NO6/c1-2-3-7-15-36-24-12-8-11-22(18-24)28-27(29(33)23-13-14-25-26(19-23)38-17-16-37-25)30(34)31(35)32(28)20-21-9-5-4-6-10-21/h4-6,8-14,18-19,28,33H,2-3,7,15-17,20H2,1H3/b29-27+. The van der Waals surface area contributed by atoms with Gasteiger partial charge in [0, 0.05) is 12.1 Å². The highest BCUT2D eigenvalue weighted by Crippen LogP contribution is 2.42. The van der Waals surface area contributed by atoms with Crippen LogP contribution in [0.25, 0.3) is 5.76 Å². The molecule has 1 saturated heterocycles. The van der Waals surface area contributed by atoms with Crippen LogP contribution in [0.2, 0.25) is 0 Å². The van der Waals surface area contributed by atoms with Gasteiger partial charge in [0.2, 0.25) is 0 Å². The summed E-state index contributed by atoms with van der Waals surface area (Å²) in [6.45, 7) is 3.77. The van der Waals surface area contributed by atoms with E-state index in [0.717, 1.165) is 24.8 Å². The first-order valence-electron chi connectivity index (χ1n) is 13.0. The third kappa shape index (κ3) is 5.23. The van der Waals surface area contributed by atoms with Crippen LogP contribution in [0.1, 0.15) is 48.9 Å². The lowest BCUT2D eigenvalue weighted by molar-refractivity contribution is -0.140. The second-order valence-corrected chi connectivity index (χ2v) is 9.40. The maximum Gasteiger partial charge on any atom is 0.295 e. The van der Waals surface area contributed by atoms with Crippen LogP contribution in [-0.2, 0) is 16.1 Å². The molecule has 1 N–H and O–H groups in total. The molecule has 0 aliphatic carbocycles. The number of ketones is 1. The number of hydrogen-bond acceptors (Lipinski definition) is 6. The summed E-state index contributed by atoms with van der Waals surface area (Å²) in [5.74, 6) is 0.0674. The lowest BCUT2D eigenvalue weighted by Gasteiger charge is -2.26. The van der Waals surface area contributed by atoms with Crippen LogP contribution in [0, 0.1) is 0 Å². The van der Waals surface area contributed by atoms with E-state index in [9.17, 15) is 14.7 Å². The van der Waals surface area contributed by atoms with Crippen molar-refractivity contribution in [2.24, 2.45) is 0 Å². The smallest absolute Gasteiger partial charge is 0.295 e. The van der Waals surface area contributed by atoms with E-state index in [0.29, 0.717) is 48.2 Å². The first-order valence-corrected chi connectivity index (χ1v) is 13.0. The minimum absolute atomic E-state index is 0.0331. The number of unbranched alkanes of at least 4 members (excludes halogenated alkanes) is 2. The number of ether oxygens (including phenoxy) is 3. The highest BCUT2D eigenvalue weighted by Gasteiger charge is 2.46. The maximum absolute atomic E-state index is 13.4. The lowest BCUT2D eigenvalue weighted by atomic mass is 9.94. The van der Waals surface area contributed by atoms with Crippen LogP contribution in [-0.4, -0.2) is 41.5 Å². The molecule has 7 heteroatoms. The normalized spacial score (nSPS) is 18.0. The van der Waals surface area contributed by atoms with Gasteiger partial charge in [0.1, 0.15) is 24.7 Å². The molecule has 3 aromatic carbocycles. The molecule has 7 nitrogen and oxygen atoms in total. The molecule has 1 amide bonds. The van der Waals surface area contributed by atoms with Crippen LogP contribution < -0.4 is 14.2 Å². The zero-order valence-electron chi connectivity index (χ0n) is 21.4. The van der Waals surface area contributed by atoms with E-state index < -0.39 is 17.7 Å². The number of Topliss-reactive ketones (excluding diaryl/α,β-unsaturated/α-hetero) is 1. The molecule has 2 aliphatic heterocycles. The fraction of sp³-hybridized carbons (Fsp3) is 0.290. The Kier molecular flexibility index (Phi) is 7.63.